The molecule has 0 bridgehead atoms. The topological polar surface area (TPSA) is 136 Å². The number of hydrogen-bond donors (Lipinski definition) is 3. The highest BCUT2D eigenvalue weighted by atomic mass is 32.3. The molecule has 0 radical (unpaired) electrons. The van der Waals surface area contributed by atoms with Crippen LogP contribution in [0.1, 0.15) is 0 Å². The van der Waals surface area contributed by atoms with Crippen molar-refractivity contribution in [2.24, 2.45) is 0 Å². The van der Waals surface area contributed by atoms with Gasteiger partial charge in [-0.05, 0) is 0 Å². The molecule has 1 fully saturated rings. The number of hydrogen-bond acceptors (Lipinski definition) is 8. The summed E-state index contributed by atoms with van der Waals surface area (Å²) >= 11 is 0. The van der Waals surface area contributed by atoms with Crippen molar-refractivity contribution in [3.63, 3.8) is 0 Å². The van der Waals surface area contributed by atoms with Crippen LogP contribution in [0.15, 0.2) is 0 Å². The fourth-order valence-electron chi connectivity index (χ4n) is 1.02. The van der Waals surface area contributed by atoms with Crippen molar-refractivity contribution in [1.82, 2.24) is 0 Å². The highest BCUT2D eigenvalue weighted by Gasteiger charge is 2.42. The summed E-state index contributed by atoms with van der Waals surface area (Å²) in [6, 6.07) is 0. The fourth-order valence-corrected chi connectivity index (χ4v) is 1.32. The second kappa shape index (κ2) is 4.06. The van der Waals surface area contributed by atoms with Gasteiger partial charge in [0.25, 0.3) is 0 Å². The van der Waals surface area contributed by atoms with Gasteiger partial charge in [0.05, 0.1) is 6.61 Å². The summed E-state index contributed by atoms with van der Waals surface area (Å²) in [5, 5.41) is 26.9. The van der Waals surface area contributed by atoms with Gasteiger partial charge >= 0.3 is 0 Å². The molecular formula is C5H9O8S-. The van der Waals surface area contributed by atoms with Gasteiger partial charge in [0, 0.05) is 0 Å². The van der Waals surface area contributed by atoms with Crippen molar-refractivity contribution in [3.05, 3.63) is 0 Å². The largest absolute Gasteiger partial charge is 0.726 e. The van der Waals surface area contributed by atoms with Crippen molar-refractivity contribution >= 4 is 10.4 Å². The third kappa shape index (κ3) is 2.85. The van der Waals surface area contributed by atoms with Gasteiger partial charge in [-0.2, -0.15) is 0 Å². The zero-order valence-electron chi connectivity index (χ0n) is 6.81. The summed E-state index contributed by atoms with van der Waals surface area (Å²) in [4.78, 5) is 0. The average molecular weight is 229 g/mol. The first-order valence-electron chi connectivity index (χ1n) is 3.61. The van der Waals surface area contributed by atoms with E-state index in [-0.39, 0.29) is 0 Å². The highest BCUT2D eigenvalue weighted by Crippen LogP contribution is 2.19. The number of rotatable bonds is 3. The highest BCUT2D eigenvalue weighted by molar-refractivity contribution is 7.80. The molecule has 1 saturated heterocycles. The molecule has 8 nitrogen and oxygen atoms in total. The van der Waals surface area contributed by atoms with Crippen LogP contribution < -0.4 is 0 Å². The molecule has 0 aliphatic carbocycles. The van der Waals surface area contributed by atoms with Crippen LogP contribution in [-0.4, -0.2) is 59.5 Å². The van der Waals surface area contributed by atoms with Crippen molar-refractivity contribution in [3.8, 4) is 0 Å². The van der Waals surface area contributed by atoms with Crippen LogP contribution in [0.4, 0.5) is 0 Å². The van der Waals surface area contributed by atoms with E-state index in [1.54, 1.807) is 0 Å². The van der Waals surface area contributed by atoms with E-state index in [0.29, 0.717) is 0 Å². The summed E-state index contributed by atoms with van der Waals surface area (Å²) in [5.74, 6) is 0. The van der Waals surface area contributed by atoms with E-state index in [2.05, 4.69) is 8.92 Å². The molecule has 9 heteroatoms. The van der Waals surface area contributed by atoms with Gasteiger partial charge in [-0.15, -0.1) is 0 Å². The Morgan fingerprint density at radius 1 is 1.29 bits per heavy atom. The lowest BCUT2D eigenvalue weighted by Crippen LogP contribution is -2.34. The minimum atomic E-state index is -4.87. The third-order valence-electron chi connectivity index (χ3n) is 1.71. The van der Waals surface area contributed by atoms with Gasteiger partial charge in [-0.1, -0.05) is 0 Å². The average Bonchev–Trinajstić information content (AvgIpc) is 2.28. The van der Waals surface area contributed by atoms with Gasteiger partial charge in [0.15, 0.2) is 6.29 Å². The van der Waals surface area contributed by atoms with Crippen molar-refractivity contribution < 1.29 is 37.2 Å². The molecule has 0 aromatic rings. The maximum absolute atomic E-state index is 10.0. The van der Waals surface area contributed by atoms with Gasteiger partial charge in [-0.25, -0.2) is 8.42 Å². The lowest BCUT2D eigenvalue weighted by molar-refractivity contribution is -0.131. The Bertz CT molecular complexity index is 286. The van der Waals surface area contributed by atoms with Crippen LogP contribution in [0.5, 0.6) is 0 Å². The van der Waals surface area contributed by atoms with Crippen LogP contribution in [0.3, 0.4) is 0 Å². The number of aliphatic hydroxyl groups is 3. The van der Waals surface area contributed by atoms with Gasteiger partial charge < -0.3 is 24.6 Å². The van der Waals surface area contributed by atoms with Crippen LogP contribution >= 0.6 is 0 Å². The molecule has 0 saturated carbocycles. The Hall–Kier alpha value is -0.290. The van der Waals surface area contributed by atoms with Crippen LogP contribution in [0.25, 0.3) is 0 Å². The molecule has 1 aliphatic heterocycles. The monoisotopic (exact) mass is 229 g/mol. The second-order valence-corrected chi connectivity index (χ2v) is 3.79. The van der Waals surface area contributed by atoms with Gasteiger partial charge in [-0.3, -0.25) is 4.18 Å². The molecule has 4 atom stereocenters. The summed E-state index contributed by atoms with van der Waals surface area (Å²) in [7, 11) is -4.87. The standard InChI is InChI=1S/C5H10O8S/c6-3-2(1-12-14(9,10)11)13-5(8)4(3)7/h2-8H,1H2,(H,9,10,11)/p-1/t2-,3-,4-,5?/m1/s1. The van der Waals surface area contributed by atoms with Gasteiger partial charge in [0.1, 0.15) is 18.3 Å². The first kappa shape index (κ1) is 11.8. The number of aliphatic hydroxyl groups excluding tert-OH is 3. The molecule has 0 aromatic heterocycles. The van der Waals surface area contributed by atoms with E-state index in [1.165, 1.54) is 0 Å². The van der Waals surface area contributed by atoms with Gasteiger partial charge in [0.2, 0.25) is 10.4 Å². The molecule has 0 spiro atoms. The van der Waals surface area contributed by atoms with Crippen molar-refractivity contribution in [2.45, 2.75) is 24.6 Å². The Morgan fingerprint density at radius 2 is 1.86 bits per heavy atom. The van der Waals surface area contributed by atoms with E-state index in [4.69, 9.17) is 15.3 Å². The molecule has 1 aliphatic rings. The van der Waals surface area contributed by atoms with Crippen LogP contribution in [-0.2, 0) is 19.3 Å². The van der Waals surface area contributed by atoms with Crippen LogP contribution in [0, 0.1) is 0 Å². The number of ether oxygens (including phenoxy) is 1. The van der Waals surface area contributed by atoms with E-state index in [0.717, 1.165) is 0 Å². The lowest BCUT2D eigenvalue weighted by Gasteiger charge is -2.15. The maximum Gasteiger partial charge on any atom is 0.217 e. The molecular weight excluding hydrogens is 220 g/mol. The predicted molar refractivity (Wildman–Crippen MR) is 38.5 cm³/mol. The first-order valence-corrected chi connectivity index (χ1v) is 4.94. The summed E-state index contributed by atoms with van der Waals surface area (Å²) in [5.41, 5.74) is 0. The van der Waals surface area contributed by atoms with Crippen LogP contribution in [0.2, 0.25) is 0 Å². The SMILES string of the molecule is O=S(=O)([O-])OC[C@H]1OC(O)[C@H](O)[C@@H]1O. The molecule has 84 valence electrons. The Kier molecular flexibility index (Phi) is 3.42. The van der Waals surface area contributed by atoms with E-state index in [9.17, 15) is 13.0 Å². The smallest absolute Gasteiger partial charge is 0.217 e. The summed E-state index contributed by atoms with van der Waals surface area (Å²) < 4.78 is 38.4. The molecule has 14 heavy (non-hydrogen) atoms. The molecule has 3 N–H and O–H groups in total. The Morgan fingerprint density at radius 3 is 2.21 bits per heavy atom. The predicted octanol–water partition coefficient (Wildman–Crippen LogP) is -3.10. The van der Waals surface area contributed by atoms with E-state index < -0.39 is 41.6 Å². The second-order valence-electron chi connectivity index (χ2n) is 2.74. The summed E-state index contributed by atoms with van der Waals surface area (Å²) in [6.45, 7) is -0.749. The Balaban J connectivity index is 2.48. The molecule has 1 rings (SSSR count). The molecule has 0 aromatic carbocycles. The molecule has 0 amide bonds. The normalized spacial score (nSPS) is 38.9. The quantitative estimate of drug-likeness (QED) is 0.342. The third-order valence-corrected chi connectivity index (χ3v) is 2.14. The summed E-state index contributed by atoms with van der Waals surface area (Å²) in [6.07, 6.45) is -5.90. The van der Waals surface area contributed by atoms with Crippen molar-refractivity contribution in [2.75, 3.05) is 6.61 Å². The van der Waals surface area contributed by atoms with E-state index in [1.807, 2.05) is 0 Å². The minimum absolute atomic E-state index is 0.749. The fraction of sp³-hybridized carbons (Fsp3) is 1.00. The van der Waals surface area contributed by atoms with Crippen molar-refractivity contribution in [1.29, 1.82) is 0 Å². The maximum atomic E-state index is 10.0. The molecule has 1 heterocycles. The Labute approximate surface area is 79.6 Å². The zero-order valence-corrected chi connectivity index (χ0v) is 7.62. The minimum Gasteiger partial charge on any atom is -0.726 e. The lowest BCUT2D eigenvalue weighted by atomic mass is 10.1. The molecule has 1 unspecified atom stereocenters. The first-order chi connectivity index (χ1) is 6.31. The zero-order chi connectivity index (χ0) is 10.9. The van der Waals surface area contributed by atoms with E-state index >= 15 is 0 Å².